The highest BCUT2D eigenvalue weighted by Gasteiger charge is 2.68. The van der Waals surface area contributed by atoms with Gasteiger partial charge in [0, 0.05) is 22.6 Å². The molecule has 8 nitrogen and oxygen atoms in total. The fourth-order valence-electron chi connectivity index (χ4n) is 9.51. The van der Waals surface area contributed by atoms with Gasteiger partial charge in [-0.15, -0.1) is 0 Å². The predicted molar refractivity (Wildman–Crippen MR) is 195 cm³/mol. The van der Waals surface area contributed by atoms with Crippen molar-refractivity contribution in [2.45, 2.75) is 25.7 Å². The van der Waals surface area contributed by atoms with E-state index in [-0.39, 0.29) is 48.0 Å². The third-order valence-electron chi connectivity index (χ3n) is 11.9. The summed E-state index contributed by atoms with van der Waals surface area (Å²) in [6.45, 7) is 1.82. The zero-order valence-electron chi connectivity index (χ0n) is 28.3. The Kier molecular flexibility index (Phi) is 7.16. The van der Waals surface area contributed by atoms with Gasteiger partial charge in [-0.2, -0.15) is 0 Å². The van der Waals surface area contributed by atoms with Crippen LogP contribution >= 0.6 is 0 Å². The highest BCUT2D eigenvalue weighted by molar-refractivity contribution is 6.25. The second kappa shape index (κ2) is 11.7. The fourth-order valence-corrected chi connectivity index (χ4v) is 9.51. The molecule has 3 fully saturated rings. The number of anilines is 2. The number of carbonyl (C=O) groups excluding carboxylic acids is 5. The number of imide groups is 2. The van der Waals surface area contributed by atoms with E-state index in [2.05, 4.69) is 0 Å². The standard InChI is InChI=1S/C44H34N2O6/c1-44-34(41(50)46(43(44)52)28-13-6-3-7-14-28)24-33-31(38(44)37-30-15-9-8-10-25(30)18-23-35(37)47)21-22-32-36(33)42(51)45(40(32)49)29-19-16-27(17-20-29)39(48)26-11-4-2-5-12-26/h2-21,23,32-34,36,38,47H,22,24H2,1H3. The summed E-state index contributed by atoms with van der Waals surface area (Å²) in [5.74, 6) is -5.07. The van der Waals surface area contributed by atoms with Gasteiger partial charge in [0.25, 0.3) is 0 Å². The number of nitrogens with zero attached hydrogens (tertiary/aromatic N) is 2. The maximum atomic E-state index is 14.8. The molecule has 256 valence electrons. The largest absolute Gasteiger partial charge is 0.508 e. The van der Waals surface area contributed by atoms with Crippen molar-refractivity contribution in [3.8, 4) is 5.75 Å². The van der Waals surface area contributed by atoms with Gasteiger partial charge < -0.3 is 5.11 Å². The number of benzene rings is 5. The Bertz CT molecular complexity index is 2370. The monoisotopic (exact) mass is 686 g/mol. The molecule has 0 aromatic heterocycles. The average Bonchev–Trinajstić information content (AvgIpc) is 3.55. The number of aromatic hydroxyl groups is 1. The summed E-state index contributed by atoms with van der Waals surface area (Å²) in [7, 11) is 0. The molecule has 0 spiro atoms. The maximum absolute atomic E-state index is 14.8. The maximum Gasteiger partial charge on any atom is 0.241 e. The highest BCUT2D eigenvalue weighted by Crippen LogP contribution is 2.65. The van der Waals surface area contributed by atoms with Gasteiger partial charge in [-0.3, -0.25) is 28.9 Å². The van der Waals surface area contributed by atoms with Crippen LogP contribution in [0.1, 0.15) is 47.2 Å². The summed E-state index contributed by atoms with van der Waals surface area (Å²) in [6.07, 6.45) is 2.46. The molecular formula is C44H34N2O6. The van der Waals surface area contributed by atoms with Crippen LogP contribution in [0.2, 0.25) is 0 Å². The number of hydrogen-bond acceptors (Lipinski definition) is 6. The molecular weight excluding hydrogens is 652 g/mol. The number of rotatable bonds is 5. The molecule has 5 aromatic carbocycles. The van der Waals surface area contributed by atoms with Crippen molar-refractivity contribution >= 4 is 51.6 Å². The first-order valence-corrected chi connectivity index (χ1v) is 17.6. The Hall–Kier alpha value is -6.15. The predicted octanol–water partition coefficient (Wildman–Crippen LogP) is 7.21. The zero-order valence-corrected chi connectivity index (χ0v) is 28.3. The minimum Gasteiger partial charge on any atom is -0.508 e. The van der Waals surface area contributed by atoms with Crippen LogP contribution in [-0.2, 0) is 19.2 Å². The molecule has 2 heterocycles. The summed E-state index contributed by atoms with van der Waals surface area (Å²) >= 11 is 0. The van der Waals surface area contributed by atoms with E-state index >= 15 is 0 Å². The average molecular weight is 687 g/mol. The Labute approximate surface area is 300 Å². The lowest BCUT2D eigenvalue weighted by Crippen LogP contribution is -2.49. The third kappa shape index (κ3) is 4.43. The number of allylic oxidation sites excluding steroid dienone is 2. The van der Waals surface area contributed by atoms with Crippen LogP contribution in [0, 0.1) is 29.1 Å². The molecule has 0 bridgehead atoms. The Morgan fingerprint density at radius 3 is 2.04 bits per heavy atom. The molecule has 6 unspecified atom stereocenters. The number of amides is 4. The van der Waals surface area contributed by atoms with Gasteiger partial charge in [0.15, 0.2) is 5.78 Å². The van der Waals surface area contributed by atoms with Crippen LogP contribution in [0.3, 0.4) is 0 Å². The summed E-state index contributed by atoms with van der Waals surface area (Å²) in [5.41, 5.74) is 1.88. The minimum atomic E-state index is -1.28. The number of phenolic OH excluding ortho intramolecular Hbond substituents is 1. The van der Waals surface area contributed by atoms with Crippen molar-refractivity contribution in [2.75, 3.05) is 9.80 Å². The quantitative estimate of drug-likeness (QED) is 0.119. The van der Waals surface area contributed by atoms with Crippen molar-refractivity contribution in [3.63, 3.8) is 0 Å². The molecule has 9 rings (SSSR count). The topological polar surface area (TPSA) is 112 Å². The molecule has 8 heteroatoms. The molecule has 52 heavy (non-hydrogen) atoms. The molecule has 5 aromatic rings. The lowest BCUT2D eigenvalue weighted by Gasteiger charge is -2.49. The number of hydrogen-bond donors (Lipinski definition) is 1. The van der Waals surface area contributed by atoms with Crippen LogP contribution < -0.4 is 9.80 Å². The second-order valence-electron chi connectivity index (χ2n) is 14.5. The van der Waals surface area contributed by atoms with Gasteiger partial charge in [0.05, 0.1) is 34.5 Å². The van der Waals surface area contributed by atoms with E-state index in [0.717, 1.165) is 16.3 Å². The van der Waals surface area contributed by atoms with Crippen LogP contribution in [0.4, 0.5) is 11.4 Å². The van der Waals surface area contributed by atoms with E-state index in [1.54, 1.807) is 78.9 Å². The van der Waals surface area contributed by atoms with Crippen LogP contribution in [0.5, 0.6) is 5.75 Å². The van der Waals surface area contributed by atoms with Crippen LogP contribution in [0.25, 0.3) is 10.8 Å². The van der Waals surface area contributed by atoms with Crippen molar-refractivity contribution in [2.24, 2.45) is 29.1 Å². The normalized spacial score (nSPS) is 26.6. The van der Waals surface area contributed by atoms with E-state index < -0.39 is 35.0 Å². The molecule has 1 N–H and O–H groups in total. The fraction of sp³-hybridized carbons (Fsp3) is 0.205. The lowest BCUT2D eigenvalue weighted by atomic mass is 9.51. The highest BCUT2D eigenvalue weighted by atomic mass is 16.3. The van der Waals surface area contributed by atoms with E-state index in [4.69, 9.17) is 0 Å². The van der Waals surface area contributed by atoms with E-state index in [1.807, 2.05) is 55.5 Å². The van der Waals surface area contributed by atoms with Gasteiger partial charge in [0.2, 0.25) is 23.6 Å². The first-order valence-electron chi connectivity index (χ1n) is 17.6. The van der Waals surface area contributed by atoms with Gasteiger partial charge in [-0.1, -0.05) is 90.5 Å². The van der Waals surface area contributed by atoms with E-state index in [0.29, 0.717) is 28.1 Å². The van der Waals surface area contributed by atoms with Gasteiger partial charge in [-0.05, 0) is 78.9 Å². The van der Waals surface area contributed by atoms with Gasteiger partial charge >= 0.3 is 0 Å². The molecule has 4 aliphatic rings. The third-order valence-corrected chi connectivity index (χ3v) is 11.9. The first-order chi connectivity index (χ1) is 25.2. The number of para-hydroxylation sites is 1. The van der Waals surface area contributed by atoms with Crippen molar-refractivity contribution in [1.82, 2.24) is 0 Å². The van der Waals surface area contributed by atoms with Gasteiger partial charge in [0.1, 0.15) is 5.75 Å². The molecule has 2 aliphatic heterocycles. The smallest absolute Gasteiger partial charge is 0.241 e. The number of ketones is 1. The molecule has 2 saturated heterocycles. The summed E-state index contributed by atoms with van der Waals surface area (Å²) < 4.78 is 0. The SMILES string of the molecule is CC12C(=O)N(c3ccccc3)C(=O)C1CC1C(=CCC3C(=O)N(c4ccc(C(=O)c5ccccc5)cc4)C(=O)C31)C2c1c(O)ccc2ccccc12. The number of fused-ring (bicyclic) bond motifs is 5. The lowest BCUT2D eigenvalue weighted by molar-refractivity contribution is -0.131. The summed E-state index contributed by atoms with van der Waals surface area (Å²) in [6, 6.07) is 35.4. The second-order valence-corrected chi connectivity index (χ2v) is 14.5. The van der Waals surface area contributed by atoms with Crippen molar-refractivity contribution in [3.05, 3.63) is 150 Å². The number of carbonyl (C=O) groups is 5. The first kappa shape index (κ1) is 31.8. The molecule has 2 aliphatic carbocycles. The molecule has 6 atom stereocenters. The van der Waals surface area contributed by atoms with E-state index in [9.17, 15) is 29.1 Å². The van der Waals surface area contributed by atoms with Crippen molar-refractivity contribution < 1.29 is 29.1 Å². The Morgan fingerprint density at radius 2 is 1.31 bits per heavy atom. The Balaban J connectivity index is 1.14. The summed E-state index contributed by atoms with van der Waals surface area (Å²) in [4.78, 5) is 73.5. The molecule has 4 amide bonds. The zero-order chi connectivity index (χ0) is 35.9. The van der Waals surface area contributed by atoms with Crippen molar-refractivity contribution in [1.29, 1.82) is 0 Å². The Morgan fingerprint density at radius 1 is 0.673 bits per heavy atom. The van der Waals surface area contributed by atoms with Crippen LogP contribution in [0.15, 0.2) is 133 Å². The molecule has 0 radical (unpaired) electrons. The number of phenols is 1. The summed E-state index contributed by atoms with van der Waals surface area (Å²) in [5, 5.41) is 13.3. The minimum absolute atomic E-state index is 0.00588. The van der Waals surface area contributed by atoms with E-state index in [1.165, 1.54) is 9.80 Å². The van der Waals surface area contributed by atoms with Crippen LogP contribution in [-0.4, -0.2) is 34.5 Å². The van der Waals surface area contributed by atoms with Gasteiger partial charge in [-0.25, -0.2) is 4.90 Å². The molecule has 1 saturated carbocycles.